The van der Waals surface area contributed by atoms with E-state index >= 15 is 0 Å². The van der Waals surface area contributed by atoms with E-state index in [-0.39, 0.29) is 22.5 Å². The van der Waals surface area contributed by atoms with Gasteiger partial charge in [0.1, 0.15) is 5.25 Å². The quantitative estimate of drug-likeness (QED) is 0.867. The lowest BCUT2D eigenvalue weighted by molar-refractivity contribution is -0.132. The van der Waals surface area contributed by atoms with Crippen LogP contribution in [0.25, 0.3) is 0 Å². The summed E-state index contributed by atoms with van der Waals surface area (Å²) in [4.78, 5) is 35.8. The van der Waals surface area contributed by atoms with Crippen LogP contribution in [0.1, 0.15) is 37.0 Å². The smallest absolute Gasteiger partial charge is 0.336 e. The molecular weight excluding hydrogens is 276 g/mol. The molecule has 2 rings (SSSR count). The fraction of sp³-hybridized carbons (Fsp3) is 0.400. The molecule has 0 spiro atoms. The molecule has 1 aliphatic rings. The molecule has 0 heterocycles. The molecule has 1 saturated carbocycles. The van der Waals surface area contributed by atoms with Crippen molar-refractivity contribution in [1.82, 2.24) is 0 Å². The fourth-order valence-corrected chi connectivity index (χ4v) is 3.50. The van der Waals surface area contributed by atoms with Gasteiger partial charge in [-0.1, -0.05) is 26.0 Å². The summed E-state index contributed by atoms with van der Waals surface area (Å²) in [5.41, 5.74) is -0.166. The van der Waals surface area contributed by atoms with Crippen molar-refractivity contribution in [3.8, 4) is 0 Å². The first-order chi connectivity index (χ1) is 9.30. The lowest BCUT2D eigenvalue weighted by Gasteiger charge is -2.31. The molecule has 0 saturated heterocycles. The molecule has 1 aromatic carbocycles. The number of benzene rings is 1. The molecule has 0 amide bonds. The van der Waals surface area contributed by atoms with Crippen molar-refractivity contribution in [1.29, 1.82) is 0 Å². The van der Waals surface area contributed by atoms with Gasteiger partial charge in [0.15, 0.2) is 11.6 Å². The minimum absolute atomic E-state index is 0.114. The summed E-state index contributed by atoms with van der Waals surface area (Å²) in [6.07, 6.45) is 0.706. The molecule has 0 aliphatic heterocycles. The Hall–Kier alpha value is -1.62. The summed E-state index contributed by atoms with van der Waals surface area (Å²) in [5, 5.41) is 8.35. The topological polar surface area (TPSA) is 71.4 Å². The van der Waals surface area contributed by atoms with Crippen LogP contribution in [0.3, 0.4) is 0 Å². The minimum atomic E-state index is -1.05. The number of hydrogen-bond donors (Lipinski definition) is 1. The Kier molecular flexibility index (Phi) is 3.99. The van der Waals surface area contributed by atoms with Gasteiger partial charge in [0.05, 0.1) is 5.56 Å². The van der Waals surface area contributed by atoms with Gasteiger partial charge in [-0.15, -0.1) is 11.8 Å². The third-order valence-corrected chi connectivity index (χ3v) is 4.62. The van der Waals surface area contributed by atoms with Gasteiger partial charge < -0.3 is 5.11 Å². The maximum atomic E-state index is 12.1. The lowest BCUT2D eigenvalue weighted by Crippen LogP contribution is -2.39. The highest BCUT2D eigenvalue weighted by atomic mass is 32.2. The van der Waals surface area contributed by atoms with E-state index in [9.17, 15) is 14.4 Å². The van der Waals surface area contributed by atoms with Gasteiger partial charge in [-0.25, -0.2) is 4.79 Å². The molecule has 106 valence electrons. The van der Waals surface area contributed by atoms with E-state index in [1.54, 1.807) is 18.2 Å². The fourth-order valence-electron chi connectivity index (χ4n) is 2.38. The molecule has 1 N–H and O–H groups in total. The molecule has 4 nitrogen and oxygen atoms in total. The van der Waals surface area contributed by atoms with Crippen LogP contribution in [0.5, 0.6) is 0 Å². The van der Waals surface area contributed by atoms with Crippen molar-refractivity contribution in [2.45, 2.75) is 36.8 Å². The first-order valence-corrected chi connectivity index (χ1v) is 7.22. The monoisotopic (exact) mass is 292 g/mol. The third kappa shape index (κ3) is 3.10. The summed E-state index contributed by atoms with van der Waals surface area (Å²) in [6.45, 7) is 3.80. The number of aromatic carboxylic acids is 1. The normalized spacial score (nSPS) is 19.1. The van der Waals surface area contributed by atoms with Crippen molar-refractivity contribution in [2.24, 2.45) is 5.41 Å². The number of carbonyl (C=O) groups excluding carboxylic acids is 2. The summed E-state index contributed by atoms with van der Waals surface area (Å²) < 4.78 is 0. The maximum absolute atomic E-state index is 12.1. The standard InChI is InChI=1S/C15H16O4S/c1-15(2)7-10(16)13(11(17)8-15)20-12-6-4-3-5-9(12)14(18)19/h3-6,13H,7-8H2,1-2H3,(H,18,19). The van der Waals surface area contributed by atoms with Gasteiger partial charge in [-0.05, 0) is 17.5 Å². The third-order valence-electron chi connectivity index (χ3n) is 3.25. The number of carboxylic acids is 1. The molecular formula is C15H16O4S. The van der Waals surface area contributed by atoms with Crippen molar-refractivity contribution < 1.29 is 19.5 Å². The highest BCUT2D eigenvalue weighted by Crippen LogP contribution is 2.38. The van der Waals surface area contributed by atoms with Crippen molar-refractivity contribution in [3.05, 3.63) is 29.8 Å². The first kappa shape index (κ1) is 14.8. The second-order valence-corrected chi connectivity index (χ2v) is 6.90. The van der Waals surface area contributed by atoms with E-state index in [2.05, 4.69) is 0 Å². The van der Waals surface area contributed by atoms with Gasteiger partial charge in [0, 0.05) is 17.7 Å². The molecule has 1 aliphatic carbocycles. The highest BCUT2D eigenvalue weighted by Gasteiger charge is 2.40. The van der Waals surface area contributed by atoms with Gasteiger partial charge in [-0.2, -0.15) is 0 Å². The average molecular weight is 292 g/mol. The molecule has 0 atom stereocenters. The zero-order chi connectivity index (χ0) is 14.9. The van der Waals surface area contributed by atoms with Crippen LogP contribution in [0.4, 0.5) is 0 Å². The Morgan fingerprint density at radius 3 is 2.30 bits per heavy atom. The van der Waals surface area contributed by atoms with E-state index in [1.807, 2.05) is 13.8 Å². The molecule has 20 heavy (non-hydrogen) atoms. The number of ketones is 2. The van der Waals surface area contributed by atoms with E-state index in [4.69, 9.17) is 5.11 Å². The van der Waals surface area contributed by atoms with Gasteiger partial charge >= 0.3 is 5.97 Å². The Morgan fingerprint density at radius 2 is 1.75 bits per heavy atom. The second-order valence-electron chi connectivity index (χ2n) is 5.75. The average Bonchev–Trinajstić information content (AvgIpc) is 2.33. The van der Waals surface area contributed by atoms with Crippen LogP contribution >= 0.6 is 11.8 Å². The SMILES string of the molecule is CC1(C)CC(=O)C(Sc2ccccc2C(=O)O)C(=O)C1. The van der Waals surface area contributed by atoms with Crippen molar-refractivity contribution in [3.63, 3.8) is 0 Å². The maximum Gasteiger partial charge on any atom is 0.336 e. The van der Waals surface area contributed by atoms with Gasteiger partial charge in [0.2, 0.25) is 0 Å². The molecule has 1 aromatic rings. The predicted octanol–water partition coefficient (Wildman–Crippen LogP) is 2.80. The number of hydrogen-bond acceptors (Lipinski definition) is 4. The Bertz CT molecular complexity index is 557. The van der Waals surface area contributed by atoms with Crippen LogP contribution in [-0.2, 0) is 9.59 Å². The lowest BCUT2D eigenvalue weighted by atomic mass is 9.76. The van der Waals surface area contributed by atoms with E-state index in [0.29, 0.717) is 17.7 Å². The number of rotatable bonds is 3. The Morgan fingerprint density at radius 1 is 1.20 bits per heavy atom. The predicted molar refractivity (Wildman–Crippen MR) is 76.1 cm³/mol. The van der Waals surface area contributed by atoms with E-state index in [0.717, 1.165) is 11.8 Å². The summed E-state index contributed by atoms with van der Waals surface area (Å²) in [5.74, 6) is -1.28. The number of carbonyl (C=O) groups is 3. The summed E-state index contributed by atoms with van der Waals surface area (Å²) >= 11 is 1.06. The number of Topliss-reactive ketones (excluding diaryl/α,β-unsaturated/α-hetero) is 2. The van der Waals surface area contributed by atoms with Crippen molar-refractivity contribution >= 4 is 29.3 Å². The molecule has 0 aromatic heterocycles. The Labute approximate surface area is 121 Å². The van der Waals surface area contributed by atoms with E-state index < -0.39 is 11.2 Å². The van der Waals surface area contributed by atoms with Crippen LogP contribution in [-0.4, -0.2) is 27.9 Å². The van der Waals surface area contributed by atoms with Gasteiger partial charge in [0.25, 0.3) is 0 Å². The zero-order valence-corrected chi connectivity index (χ0v) is 12.2. The molecule has 0 bridgehead atoms. The van der Waals surface area contributed by atoms with Crippen molar-refractivity contribution in [2.75, 3.05) is 0 Å². The highest BCUT2D eigenvalue weighted by molar-refractivity contribution is 8.01. The number of thioether (sulfide) groups is 1. The first-order valence-electron chi connectivity index (χ1n) is 6.34. The molecule has 1 fully saturated rings. The van der Waals surface area contributed by atoms with Crippen LogP contribution < -0.4 is 0 Å². The summed E-state index contributed by atoms with van der Waals surface area (Å²) in [6, 6.07) is 6.44. The van der Waals surface area contributed by atoms with E-state index in [1.165, 1.54) is 6.07 Å². The zero-order valence-electron chi connectivity index (χ0n) is 11.4. The van der Waals surface area contributed by atoms with Gasteiger partial charge in [-0.3, -0.25) is 9.59 Å². The number of carboxylic acid groups (broad SMARTS) is 1. The molecule has 0 unspecified atom stereocenters. The second kappa shape index (κ2) is 5.40. The van der Waals surface area contributed by atoms with Crippen LogP contribution in [0.15, 0.2) is 29.2 Å². The van der Waals surface area contributed by atoms with Crippen LogP contribution in [0.2, 0.25) is 0 Å². The molecule has 5 heteroatoms. The molecule has 0 radical (unpaired) electrons. The Balaban J connectivity index is 2.25. The largest absolute Gasteiger partial charge is 0.478 e. The van der Waals surface area contributed by atoms with Crippen LogP contribution in [0, 0.1) is 5.41 Å². The minimum Gasteiger partial charge on any atom is -0.478 e. The summed E-state index contributed by atoms with van der Waals surface area (Å²) in [7, 11) is 0.